The van der Waals surface area contributed by atoms with Crippen LogP contribution < -0.4 is 10.4 Å². The van der Waals surface area contributed by atoms with E-state index in [-0.39, 0.29) is 10.6 Å². The van der Waals surface area contributed by atoms with Crippen LogP contribution in [0.5, 0.6) is 0 Å². The van der Waals surface area contributed by atoms with Crippen molar-refractivity contribution in [3.05, 3.63) is 46.5 Å². The van der Waals surface area contributed by atoms with Gasteiger partial charge in [0.15, 0.2) is 12.0 Å². The molecule has 2 aliphatic heterocycles. The Kier molecular flexibility index (Phi) is 5.56. The smallest absolute Gasteiger partial charge is 0.160 e. The molecule has 11 heteroatoms. The molecule has 1 fully saturated rings. The van der Waals surface area contributed by atoms with E-state index in [4.69, 9.17) is 21.2 Å². The molecule has 9 nitrogen and oxygen atoms in total. The number of hydrogen-bond acceptors (Lipinski definition) is 9. The van der Waals surface area contributed by atoms with Gasteiger partial charge in [0, 0.05) is 12.1 Å². The summed E-state index contributed by atoms with van der Waals surface area (Å²) in [5, 5.41) is 32.3. The highest BCUT2D eigenvalue weighted by Crippen LogP contribution is 2.40. The lowest BCUT2D eigenvalue weighted by molar-refractivity contribution is -0.124. The van der Waals surface area contributed by atoms with E-state index in [9.17, 15) is 19.7 Å². The molecular formula is C19H22ClFN4O5. The second kappa shape index (κ2) is 7.88. The number of aromatic nitrogens is 2. The van der Waals surface area contributed by atoms with E-state index < -0.39 is 36.0 Å². The second-order valence-electron chi connectivity index (χ2n) is 7.48. The Morgan fingerprint density at radius 1 is 1.33 bits per heavy atom. The Hall–Kier alpha value is -2.08. The summed E-state index contributed by atoms with van der Waals surface area (Å²) in [6.07, 6.45) is -3.04. The Labute approximate surface area is 177 Å². The number of fused-ring (bicyclic) bond motifs is 1. The molecular weight excluding hydrogens is 419 g/mol. The van der Waals surface area contributed by atoms with Crippen molar-refractivity contribution in [3.8, 4) is 0 Å². The lowest BCUT2D eigenvalue weighted by atomic mass is 9.86. The summed E-state index contributed by atoms with van der Waals surface area (Å²) in [7, 11) is 1.47. The van der Waals surface area contributed by atoms with Crippen molar-refractivity contribution in [2.75, 3.05) is 24.0 Å². The molecule has 0 aliphatic carbocycles. The van der Waals surface area contributed by atoms with Crippen molar-refractivity contribution in [1.29, 1.82) is 0 Å². The molecule has 4 N–H and O–H groups in total. The Balaban J connectivity index is 1.62. The third kappa shape index (κ3) is 3.39. The standard InChI is InChI=1S/C19H22ClFN4O5/c1-19(28,9-3-4-11(20)12(21)7-9)15-13(26)14(27)18(30-15)25-6-5-10-16(24-29-2)22-8-23-17(10)25/h3-4,7-8,13-15,18,26-28H,5-6H2,1-2H3,(H,22,23,24)/t13-,14+,15-,18+,19?/m0/s1. The first-order chi connectivity index (χ1) is 14.3. The van der Waals surface area contributed by atoms with Crippen molar-refractivity contribution < 1.29 is 29.3 Å². The number of aliphatic hydroxyl groups excluding tert-OH is 2. The van der Waals surface area contributed by atoms with Crippen molar-refractivity contribution >= 4 is 23.2 Å². The molecule has 162 valence electrons. The van der Waals surface area contributed by atoms with Crippen LogP contribution in [0.3, 0.4) is 0 Å². The zero-order valence-electron chi connectivity index (χ0n) is 16.3. The maximum Gasteiger partial charge on any atom is 0.160 e. The predicted molar refractivity (Wildman–Crippen MR) is 105 cm³/mol. The van der Waals surface area contributed by atoms with Crippen molar-refractivity contribution in [2.24, 2.45) is 0 Å². The summed E-state index contributed by atoms with van der Waals surface area (Å²) < 4.78 is 19.8. The monoisotopic (exact) mass is 440 g/mol. The van der Waals surface area contributed by atoms with E-state index >= 15 is 0 Å². The van der Waals surface area contributed by atoms with Crippen LogP contribution in [0.1, 0.15) is 18.1 Å². The highest BCUT2D eigenvalue weighted by atomic mass is 35.5. The SMILES string of the molecule is CONc1ncnc2c1CCN2[C@@H]1O[C@H](C(C)(O)c2ccc(Cl)c(F)c2)[C@@H](O)[C@H]1O. The number of anilines is 2. The third-order valence-corrected chi connectivity index (χ3v) is 5.91. The van der Waals surface area contributed by atoms with Gasteiger partial charge in [-0.1, -0.05) is 17.7 Å². The van der Waals surface area contributed by atoms with Crippen LogP contribution >= 0.6 is 11.6 Å². The van der Waals surface area contributed by atoms with Crippen molar-refractivity contribution in [1.82, 2.24) is 9.97 Å². The van der Waals surface area contributed by atoms with E-state index in [1.807, 2.05) is 0 Å². The van der Waals surface area contributed by atoms with Gasteiger partial charge in [0.05, 0.1) is 12.1 Å². The number of nitrogens with one attached hydrogen (secondary N) is 1. The fourth-order valence-electron chi connectivity index (χ4n) is 4.01. The molecule has 1 aromatic carbocycles. The minimum Gasteiger partial charge on any atom is -0.387 e. The molecule has 0 bridgehead atoms. The minimum atomic E-state index is -1.79. The molecule has 2 aliphatic rings. The Morgan fingerprint density at radius 3 is 2.80 bits per heavy atom. The molecule has 0 amide bonds. The number of benzene rings is 1. The molecule has 4 rings (SSSR count). The van der Waals surface area contributed by atoms with Crippen LogP contribution in [0.4, 0.5) is 16.0 Å². The normalized spacial score (nSPS) is 27.8. The van der Waals surface area contributed by atoms with Crippen LogP contribution in [0.25, 0.3) is 0 Å². The zero-order valence-corrected chi connectivity index (χ0v) is 17.0. The van der Waals surface area contributed by atoms with Crippen molar-refractivity contribution in [2.45, 2.75) is 43.5 Å². The van der Waals surface area contributed by atoms with Gasteiger partial charge in [-0.25, -0.2) is 19.8 Å². The third-order valence-electron chi connectivity index (χ3n) is 5.60. The van der Waals surface area contributed by atoms with Crippen LogP contribution in [0, 0.1) is 5.82 Å². The average Bonchev–Trinajstić information content (AvgIpc) is 3.27. The predicted octanol–water partition coefficient (Wildman–Crippen LogP) is 0.959. The Bertz CT molecular complexity index is 949. The molecule has 2 aromatic rings. The van der Waals surface area contributed by atoms with Gasteiger partial charge in [-0.15, -0.1) is 0 Å². The van der Waals surface area contributed by atoms with E-state index in [1.165, 1.54) is 32.5 Å². The average molecular weight is 441 g/mol. The van der Waals surface area contributed by atoms with E-state index in [1.54, 1.807) is 4.90 Å². The molecule has 1 aromatic heterocycles. The lowest BCUT2D eigenvalue weighted by Gasteiger charge is -2.33. The lowest BCUT2D eigenvalue weighted by Crippen LogP contribution is -2.45. The summed E-state index contributed by atoms with van der Waals surface area (Å²) in [5.41, 5.74) is 1.83. The summed E-state index contributed by atoms with van der Waals surface area (Å²) in [6.45, 7) is 1.84. The first-order valence-electron chi connectivity index (χ1n) is 9.34. The molecule has 1 unspecified atom stereocenters. The zero-order chi connectivity index (χ0) is 21.6. The van der Waals surface area contributed by atoms with Gasteiger partial charge in [0.25, 0.3) is 0 Å². The topological polar surface area (TPSA) is 120 Å². The largest absolute Gasteiger partial charge is 0.387 e. The van der Waals surface area contributed by atoms with E-state index in [0.717, 1.165) is 11.6 Å². The number of halogens is 2. The summed E-state index contributed by atoms with van der Waals surface area (Å²) >= 11 is 5.72. The molecule has 3 heterocycles. The highest BCUT2D eigenvalue weighted by Gasteiger charge is 2.54. The van der Waals surface area contributed by atoms with Crippen LogP contribution in [-0.4, -0.2) is 63.5 Å². The summed E-state index contributed by atoms with van der Waals surface area (Å²) in [5.74, 6) is 0.319. The summed E-state index contributed by atoms with van der Waals surface area (Å²) in [6, 6.07) is 3.84. The highest BCUT2D eigenvalue weighted by molar-refractivity contribution is 6.30. The Morgan fingerprint density at radius 2 is 2.10 bits per heavy atom. The molecule has 30 heavy (non-hydrogen) atoms. The maximum absolute atomic E-state index is 13.9. The number of ether oxygens (including phenoxy) is 1. The number of nitrogens with zero attached hydrogens (tertiary/aromatic N) is 3. The van der Waals surface area contributed by atoms with Gasteiger partial charge in [-0.3, -0.25) is 4.84 Å². The van der Waals surface area contributed by atoms with Crippen LogP contribution in [-0.2, 0) is 21.6 Å². The van der Waals surface area contributed by atoms with Crippen molar-refractivity contribution in [3.63, 3.8) is 0 Å². The maximum atomic E-state index is 13.9. The van der Waals surface area contributed by atoms with Gasteiger partial charge >= 0.3 is 0 Å². The van der Waals surface area contributed by atoms with Gasteiger partial charge in [0.2, 0.25) is 0 Å². The fourth-order valence-corrected chi connectivity index (χ4v) is 4.13. The summed E-state index contributed by atoms with van der Waals surface area (Å²) in [4.78, 5) is 15.0. The fraction of sp³-hybridized carbons (Fsp3) is 0.474. The first kappa shape index (κ1) is 21.2. The first-order valence-corrected chi connectivity index (χ1v) is 9.72. The van der Waals surface area contributed by atoms with E-state index in [0.29, 0.717) is 24.6 Å². The van der Waals surface area contributed by atoms with Gasteiger partial charge in [-0.05, 0) is 31.0 Å². The molecule has 0 saturated carbocycles. The molecule has 5 atom stereocenters. The number of aliphatic hydroxyl groups is 3. The second-order valence-corrected chi connectivity index (χ2v) is 7.89. The van der Waals surface area contributed by atoms with E-state index in [2.05, 4.69) is 15.4 Å². The van der Waals surface area contributed by atoms with Gasteiger partial charge < -0.3 is 25.0 Å². The van der Waals surface area contributed by atoms with Crippen LogP contribution in [0.15, 0.2) is 24.5 Å². The molecule has 0 spiro atoms. The number of hydrogen-bond donors (Lipinski definition) is 4. The molecule has 1 saturated heterocycles. The molecule has 0 radical (unpaired) electrons. The van der Waals surface area contributed by atoms with Gasteiger partial charge in [0.1, 0.15) is 41.9 Å². The quantitative estimate of drug-likeness (QED) is 0.504. The van der Waals surface area contributed by atoms with Gasteiger partial charge in [-0.2, -0.15) is 0 Å². The minimum absolute atomic E-state index is 0.0887. The van der Waals surface area contributed by atoms with Crippen LogP contribution in [0.2, 0.25) is 5.02 Å². The number of rotatable bonds is 5.